The first-order valence-electron chi connectivity index (χ1n) is 7.08. The largest absolute Gasteiger partial charge is 0.390 e. The lowest BCUT2D eigenvalue weighted by molar-refractivity contribution is -0.0302. The minimum absolute atomic E-state index is 0.376. The fourth-order valence-electron chi connectivity index (χ4n) is 5.29. The van der Waals surface area contributed by atoms with Crippen molar-refractivity contribution in [3.63, 3.8) is 0 Å². The van der Waals surface area contributed by atoms with Crippen molar-refractivity contribution in [1.29, 1.82) is 0 Å². The van der Waals surface area contributed by atoms with Crippen molar-refractivity contribution in [2.75, 3.05) is 0 Å². The van der Waals surface area contributed by atoms with E-state index in [1.807, 2.05) is 0 Å². The van der Waals surface area contributed by atoms with Crippen LogP contribution in [-0.2, 0) is 0 Å². The number of fused-ring (bicyclic) bond motifs is 3. The molecule has 0 spiro atoms. The van der Waals surface area contributed by atoms with Gasteiger partial charge in [-0.15, -0.1) is 0 Å². The second-order valence-electron chi connectivity index (χ2n) is 7.59. The molecule has 1 unspecified atom stereocenters. The van der Waals surface area contributed by atoms with Gasteiger partial charge in [0.25, 0.3) is 0 Å². The zero-order valence-corrected chi connectivity index (χ0v) is 11.2. The minimum atomic E-state index is -0.376. The molecule has 0 saturated heterocycles. The first-order valence-corrected chi connectivity index (χ1v) is 7.08. The summed E-state index contributed by atoms with van der Waals surface area (Å²) in [4.78, 5) is 0. The van der Waals surface area contributed by atoms with Gasteiger partial charge >= 0.3 is 0 Å². The highest BCUT2D eigenvalue weighted by atomic mass is 16.3. The molecule has 92 valence electrons. The van der Waals surface area contributed by atoms with Crippen LogP contribution in [-0.4, -0.2) is 10.7 Å². The maximum Gasteiger partial charge on any atom is 0.0650 e. The number of hydrogen-bond acceptors (Lipinski definition) is 1. The Kier molecular flexibility index (Phi) is 2.11. The van der Waals surface area contributed by atoms with Crippen LogP contribution in [0.1, 0.15) is 53.4 Å². The van der Waals surface area contributed by atoms with Gasteiger partial charge < -0.3 is 5.11 Å². The quantitative estimate of drug-likeness (QED) is 0.665. The Balaban J connectivity index is 1.94. The molecule has 1 nitrogen and oxygen atoms in total. The molecule has 3 aliphatic rings. The Morgan fingerprint density at radius 1 is 1.00 bits per heavy atom. The van der Waals surface area contributed by atoms with E-state index in [2.05, 4.69) is 27.7 Å². The molecule has 0 aromatic heterocycles. The van der Waals surface area contributed by atoms with E-state index in [1.165, 1.54) is 19.3 Å². The van der Waals surface area contributed by atoms with E-state index >= 15 is 0 Å². The van der Waals surface area contributed by atoms with Crippen molar-refractivity contribution in [3.05, 3.63) is 0 Å². The molecule has 0 aliphatic heterocycles. The summed E-state index contributed by atoms with van der Waals surface area (Å²) < 4.78 is 0. The second-order valence-corrected chi connectivity index (χ2v) is 7.59. The zero-order valence-electron chi connectivity index (χ0n) is 11.2. The topological polar surface area (TPSA) is 20.2 Å². The molecule has 3 rings (SSSR count). The van der Waals surface area contributed by atoms with Crippen LogP contribution in [0.15, 0.2) is 0 Å². The van der Waals surface area contributed by atoms with Crippen LogP contribution in [0.4, 0.5) is 0 Å². The molecule has 3 fully saturated rings. The molecule has 6 atom stereocenters. The lowest BCUT2D eigenvalue weighted by Gasteiger charge is -2.35. The SMILES string of the molecule is C[C@@H]1CC[C@H]2[C@@H]1C1[C@@H](CC[C@]2(C)O)C1(C)C. The Morgan fingerprint density at radius 2 is 1.69 bits per heavy atom. The van der Waals surface area contributed by atoms with Crippen molar-refractivity contribution < 1.29 is 5.11 Å². The molecular formula is C15H26O. The maximum atomic E-state index is 10.7. The highest BCUT2D eigenvalue weighted by molar-refractivity contribution is 5.14. The Morgan fingerprint density at radius 3 is 2.38 bits per heavy atom. The zero-order chi connectivity index (χ0) is 11.7. The monoisotopic (exact) mass is 222 g/mol. The van der Waals surface area contributed by atoms with Gasteiger partial charge in [-0.25, -0.2) is 0 Å². The van der Waals surface area contributed by atoms with Crippen LogP contribution in [0.5, 0.6) is 0 Å². The van der Waals surface area contributed by atoms with Crippen molar-refractivity contribution in [3.8, 4) is 0 Å². The number of hydrogen-bond donors (Lipinski definition) is 1. The van der Waals surface area contributed by atoms with Gasteiger partial charge in [0, 0.05) is 0 Å². The molecule has 16 heavy (non-hydrogen) atoms. The van der Waals surface area contributed by atoms with E-state index in [0.29, 0.717) is 11.3 Å². The Labute approximate surface area is 99.6 Å². The molecule has 3 saturated carbocycles. The molecule has 0 amide bonds. The van der Waals surface area contributed by atoms with Crippen molar-refractivity contribution in [2.24, 2.45) is 35.0 Å². The standard InChI is InChI=1S/C15H26O/c1-9-5-6-10-12(9)13-11(14(13,2)3)7-8-15(10,4)16/h9-13,16H,5-8H2,1-4H3/t9-,10+,11-,12-,13?,15+/m1/s1. The summed E-state index contributed by atoms with van der Waals surface area (Å²) in [5.41, 5.74) is 0.191. The van der Waals surface area contributed by atoms with Crippen LogP contribution < -0.4 is 0 Å². The average molecular weight is 222 g/mol. The summed E-state index contributed by atoms with van der Waals surface area (Å²) in [7, 11) is 0. The van der Waals surface area contributed by atoms with Crippen molar-refractivity contribution in [2.45, 2.75) is 59.0 Å². The normalized spacial score (nSPS) is 58.7. The lowest BCUT2D eigenvalue weighted by Crippen LogP contribution is -2.38. The van der Waals surface area contributed by atoms with Gasteiger partial charge in [0.15, 0.2) is 0 Å². The second kappa shape index (κ2) is 3.04. The summed E-state index contributed by atoms with van der Waals surface area (Å²) in [5, 5.41) is 10.7. The van der Waals surface area contributed by atoms with Gasteiger partial charge in [0.2, 0.25) is 0 Å². The van der Waals surface area contributed by atoms with Gasteiger partial charge in [-0.3, -0.25) is 0 Å². The summed E-state index contributed by atoms with van der Waals surface area (Å²) in [6.07, 6.45) is 4.89. The van der Waals surface area contributed by atoms with E-state index < -0.39 is 0 Å². The Bertz CT molecular complexity index is 305. The number of aliphatic hydroxyl groups is 1. The summed E-state index contributed by atoms with van der Waals surface area (Å²) in [6.45, 7) is 9.41. The van der Waals surface area contributed by atoms with E-state index in [0.717, 1.165) is 30.1 Å². The third kappa shape index (κ3) is 1.27. The smallest absolute Gasteiger partial charge is 0.0650 e. The van der Waals surface area contributed by atoms with Gasteiger partial charge in [-0.1, -0.05) is 27.2 Å². The third-order valence-electron chi connectivity index (χ3n) is 6.37. The summed E-state index contributed by atoms with van der Waals surface area (Å²) in [6, 6.07) is 0. The van der Waals surface area contributed by atoms with E-state index in [4.69, 9.17) is 0 Å². The van der Waals surface area contributed by atoms with Gasteiger partial charge in [-0.2, -0.15) is 0 Å². The summed E-state index contributed by atoms with van der Waals surface area (Å²) >= 11 is 0. The molecule has 3 aliphatic carbocycles. The van der Waals surface area contributed by atoms with E-state index in [9.17, 15) is 5.11 Å². The van der Waals surface area contributed by atoms with Crippen LogP contribution in [0.2, 0.25) is 0 Å². The van der Waals surface area contributed by atoms with Crippen LogP contribution in [0.3, 0.4) is 0 Å². The van der Waals surface area contributed by atoms with Crippen LogP contribution in [0.25, 0.3) is 0 Å². The van der Waals surface area contributed by atoms with Gasteiger partial charge in [-0.05, 0) is 61.2 Å². The first-order chi connectivity index (χ1) is 7.36. The molecule has 0 bridgehead atoms. The average Bonchev–Trinajstić information content (AvgIpc) is 2.51. The fourth-order valence-corrected chi connectivity index (χ4v) is 5.29. The van der Waals surface area contributed by atoms with E-state index in [-0.39, 0.29) is 5.60 Å². The predicted octanol–water partition coefficient (Wildman–Crippen LogP) is 3.47. The van der Waals surface area contributed by atoms with Gasteiger partial charge in [0.1, 0.15) is 0 Å². The van der Waals surface area contributed by atoms with Crippen molar-refractivity contribution >= 4 is 0 Å². The fraction of sp³-hybridized carbons (Fsp3) is 1.00. The van der Waals surface area contributed by atoms with Crippen LogP contribution in [0, 0.1) is 35.0 Å². The molecule has 1 heteroatoms. The highest BCUT2D eigenvalue weighted by Crippen LogP contribution is 2.71. The third-order valence-corrected chi connectivity index (χ3v) is 6.37. The lowest BCUT2D eigenvalue weighted by atomic mass is 9.74. The molecule has 0 aromatic rings. The summed E-state index contributed by atoms with van der Waals surface area (Å²) in [5.74, 6) is 4.03. The minimum Gasteiger partial charge on any atom is -0.390 e. The van der Waals surface area contributed by atoms with Crippen LogP contribution >= 0.6 is 0 Å². The molecule has 1 N–H and O–H groups in total. The molecule has 0 aromatic carbocycles. The first kappa shape index (κ1) is 11.1. The maximum absolute atomic E-state index is 10.7. The molecule has 0 radical (unpaired) electrons. The predicted molar refractivity (Wildman–Crippen MR) is 66.0 cm³/mol. The van der Waals surface area contributed by atoms with Crippen molar-refractivity contribution in [1.82, 2.24) is 0 Å². The highest BCUT2D eigenvalue weighted by Gasteiger charge is 2.66. The Hall–Kier alpha value is -0.0400. The molecular weight excluding hydrogens is 196 g/mol. The molecule has 0 heterocycles. The van der Waals surface area contributed by atoms with E-state index in [1.54, 1.807) is 0 Å². The van der Waals surface area contributed by atoms with Gasteiger partial charge in [0.05, 0.1) is 5.60 Å². The number of rotatable bonds is 0.